The van der Waals surface area contributed by atoms with Gasteiger partial charge in [-0.05, 0) is 48.5 Å². The van der Waals surface area contributed by atoms with Gasteiger partial charge in [0.15, 0.2) is 5.76 Å². The highest BCUT2D eigenvalue weighted by Crippen LogP contribution is 2.36. The molecule has 0 saturated carbocycles. The van der Waals surface area contributed by atoms with Gasteiger partial charge in [0.2, 0.25) is 5.78 Å². The highest BCUT2D eigenvalue weighted by atomic mass is 19.1. The molecule has 1 aliphatic heterocycles. The first-order valence-electron chi connectivity index (χ1n) is 10.2. The zero-order valence-corrected chi connectivity index (χ0v) is 17.9. The van der Waals surface area contributed by atoms with E-state index in [0.29, 0.717) is 22.8 Å². The number of halogens is 2. The van der Waals surface area contributed by atoms with Gasteiger partial charge >= 0.3 is 0 Å². The lowest BCUT2D eigenvalue weighted by atomic mass is 10.1. The van der Waals surface area contributed by atoms with Crippen LogP contribution in [0.15, 0.2) is 66.6 Å². The first kappa shape index (κ1) is 20.8. The molecule has 3 aromatic carbocycles. The van der Waals surface area contributed by atoms with E-state index in [4.69, 9.17) is 14.2 Å². The maximum atomic E-state index is 13.8. The molecule has 33 heavy (non-hydrogen) atoms. The van der Waals surface area contributed by atoms with Crippen LogP contribution in [-0.4, -0.2) is 17.5 Å². The minimum Gasteiger partial charge on any atom is -0.497 e. The van der Waals surface area contributed by atoms with E-state index in [-0.39, 0.29) is 23.7 Å². The van der Waals surface area contributed by atoms with Gasteiger partial charge in [-0.15, -0.1) is 0 Å². The zero-order chi connectivity index (χ0) is 23.1. The minimum absolute atomic E-state index is 0.165. The highest BCUT2D eigenvalue weighted by molar-refractivity contribution is 6.15. The van der Waals surface area contributed by atoms with Crippen molar-refractivity contribution in [2.45, 2.75) is 6.61 Å². The summed E-state index contributed by atoms with van der Waals surface area (Å²) in [7, 11) is 3.52. The number of fused-ring (bicyclic) bond motifs is 2. The first-order valence-corrected chi connectivity index (χ1v) is 10.2. The number of hydrogen-bond acceptors (Lipinski definition) is 4. The summed E-state index contributed by atoms with van der Waals surface area (Å²) in [6, 6.07) is 14.1. The Morgan fingerprint density at radius 1 is 1.03 bits per heavy atom. The van der Waals surface area contributed by atoms with Crippen molar-refractivity contribution in [2.24, 2.45) is 7.05 Å². The standard InChI is InChI=1S/C26H19F2NO4/c1-29-13-15(19-11-16(31-2)7-9-23(19)29)10-25-26(30)18-8-6-17(12-24(18)33-25)32-14-20-21(27)4-3-5-22(20)28/h3-13H,14H2,1-2H3/b25-10-. The van der Waals surface area contributed by atoms with Crippen molar-refractivity contribution < 1.29 is 27.8 Å². The van der Waals surface area contributed by atoms with Gasteiger partial charge in [-0.1, -0.05) is 6.07 Å². The van der Waals surface area contributed by atoms with Gasteiger partial charge in [-0.3, -0.25) is 4.79 Å². The summed E-state index contributed by atoms with van der Waals surface area (Å²) >= 11 is 0. The number of ketones is 1. The predicted octanol–water partition coefficient (Wildman–Crippen LogP) is 5.66. The molecule has 0 N–H and O–H groups in total. The van der Waals surface area contributed by atoms with Crippen molar-refractivity contribution in [3.05, 3.63) is 94.9 Å². The van der Waals surface area contributed by atoms with Crippen molar-refractivity contribution in [3.8, 4) is 17.2 Å². The first-order chi connectivity index (χ1) is 15.9. The number of allylic oxidation sites excluding steroid dienone is 1. The summed E-state index contributed by atoms with van der Waals surface area (Å²) < 4.78 is 46.3. The summed E-state index contributed by atoms with van der Waals surface area (Å²) in [6.07, 6.45) is 3.60. The molecule has 7 heteroatoms. The molecule has 2 heterocycles. The molecule has 0 aliphatic carbocycles. The number of rotatable bonds is 5. The maximum Gasteiger partial charge on any atom is 0.231 e. The Hall–Kier alpha value is -4.13. The third-order valence-corrected chi connectivity index (χ3v) is 5.60. The monoisotopic (exact) mass is 447 g/mol. The van der Waals surface area contributed by atoms with E-state index in [1.807, 2.05) is 36.0 Å². The molecule has 0 saturated heterocycles. The van der Waals surface area contributed by atoms with Gasteiger partial charge in [0, 0.05) is 35.8 Å². The molecule has 0 bridgehead atoms. The summed E-state index contributed by atoms with van der Waals surface area (Å²) in [5.41, 5.74) is 2.03. The lowest BCUT2D eigenvalue weighted by molar-refractivity contribution is 0.101. The fraction of sp³-hybridized carbons (Fsp3) is 0.115. The number of carbonyl (C=O) groups is 1. The molecule has 0 radical (unpaired) electrons. The molecule has 0 spiro atoms. The molecule has 1 aliphatic rings. The molecule has 5 nitrogen and oxygen atoms in total. The number of ether oxygens (including phenoxy) is 3. The van der Waals surface area contributed by atoms with E-state index in [1.54, 1.807) is 31.4 Å². The van der Waals surface area contributed by atoms with Crippen molar-refractivity contribution >= 4 is 22.8 Å². The van der Waals surface area contributed by atoms with Crippen LogP contribution in [0.5, 0.6) is 17.2 Å². The Balaban J connectivity index is 1.41. The molecular weight excluding hydrogens is 428 g/mol. The van der Waals surface area contributed by atoms with Crippen molar-refractivity contribution in [1.29, 1.82) is 0 Å². The van der Waals surface area contributed by atoms with Gasteiger partial charge in [0.1, 0.15) is 35.5 Å². The van der Waals surface area contributed by atoms with E-state index in [0.717, 1.165) is 16.5 Å². The lowest BCUT2D eigenvalue weighted by Gasteiger charge is -2.09. The Morgan fingerprint density at radius 3 is 2.55 bits per heavy atom. The van der Waals surface area contributed by atoms with E-state index >= 15 is 0 Å². The number of carbonyl (C=O) groups excluding carboxylic acids is 1. The van der Waals surface area contributed by atoms with E-state index < -0.39 is 11.6 Å². The van der Waals surface area contributed by atoms with Crippen molar-refractivity contribution in [1.82, 2.24) is 4.57 Å². The normalized spacial score (nSPS) is 13.9. The average Bonchev–Trinajstić information content (AvgIpc) is 3.29. The average molecular weight is 447 g/mol. The van der Waals surface area contributed by atoms with Gasteiger partial charge in [-0.2, -0.15) is 0 Å². The largest absolute Gasteiger partial charge is 0.497 e. The topological polar surface area (TPSA) is 49.7 Å². The second-order valence-electron chi connectivity index (χ2n) is 7.67. The molecule has 0 unspecified atom stereocenters. The number of aromatic nitrogens is 1. The summed E-state index contributed by atoms with van der Waals surface area (Å²) in [6.45, 7) is -0.286. The van der Waals surface area contributed by atoms with Crippen molar-refractivity contribution in [3.63, 3.8) is 0 Å². The summed E-state index contributed by atoms with van der Waals surface area (Å²) in [4.78, 5) is 12.9. The number of methoxy groups -OCH3 is 1. The van der Waals surface area contributed by atoms with Crippen LogP contribution in [0.1, 0.15) is 21.5 Å². The molecule has 0 amide bonds. The minimum atomic E-state index is -0.681. The molecule has 0 atom stereocenters. The quantitative estimate of drug-likeness (QED) is 0.371. The number of nitrogens with zero attached hydrogens (tertiary/aromatic N) is 1. The molecule has 166 valence electrons. The molecule has 1 aromatic heterocycles. The second-order valence-corrected chi connectivity index (χ2v) is 7.67. The summed E-state index contributed by atoms with van der Waals surface area (Å²) in [5.74, 6) is -0.0624. The predicted molar refractivity (Wildman–Crippen MR) is 120 cm³/mol. The zero-order valence-electron chi connectivity index (χ0n) is 17.9. The molecule has 5 rings (SSSR count). The van der Waals surface area contributed by atoms with Crippen LogP contribution in [0.4, 0.5) is 8.78 Å². The number of benzene rings is 3. The SMILES string of the molecule is COc1ccc2c(c1)c(/C=C1\Oc3cc(OCc4c(F)cccc4F)ccc3C1=O)cn2C. The number of aryl methyl sites for hydroxylation is 1. The van der Waals surface area contributed by atoms with Crippen LogP contribution >= 0.6 is 0 Å². The molecule has 0 fully saturated rings. The molecular formula is C26H19F2NO4. The summed E-state index contributed by atoms with van der Waals surface area (Å²) in [5, 5.41) is 0.924. The Kier molecular flexibility index (Phi) is 5.09. The van der Waals surface area contributed by atoms with Crippen LogP contribution in [0.25, 0.3) is 17.0 Å². The van der Waals surface area contributed by atoms with Gasteiger partial charge in [0.25, 0.3) is 0 Å². The van der Waals surface area contributed by atoms with Gasteiger partial charge < -0.3 is 18.8 Å². The second kappa shape index (κ2) is 8.09. The third kappa shape index (κ3) is 3.71. The van der Waals surface area contributed by atoms with E-state index in [9.17, 15) is 13.6 Å². The van der Waals surface area contributed by atoms with E-state index in [2.05, 4.69) is 0 Å². The maximum absolute atomic E-state index is 13.8. The number of hydrogen-bond donors (Lipinski definition) is 0. The Morgan fingerprint density at radius 2 is 1.79 bits per heavy atom. The Bertz CT molecular complexity index is 1420. The Labute approximate surface area is 188 Å². The smallest absolute Gasteiger partial charge is 0.231 e. The van der Waals surface area contributed by atoms with Crippen LogP contribution in [0, 0.1) is 11.6 Å². The van der Waals surface area contributed by atoms with E-state index in [1.165, 1.54) is 18.2 Å². The molecule has 4 aromatic rings. The van der Waals surface area contributed by atoms with Gasteiger partial charge in [0.05, 0.1) is 18.2 Å². The highest BCUT2D eigenvalue weighted by Gasteiger charge is 2.28. The van der Waals surface area contributed by atoms with Crippen LogP contribution < -0.4 is 14.2 Å². The number of Topliss-reactive ketones (excluding diaryl/α,β-unsaturated/α-hetero) is 1. The van der Waals surface area contributed by atoms with Crippen molar-refractivity contribution in [2.75, 3.05) is 7.11 Å². The van der Waals surface area contributed by atoms with Gasteiger partial charge in [-0.25, -0.2) is 8.78 Å². The van der Waals surface area contributed by atoms with Crippen LogP contribution in [0.3, 0.4) is 0 Å². The van der Waals surface area contributed by atoms with Crippen LogP contribution in [-0.2, 0) is 13.7 Å². The lowest BCUT2D eigenvalue weighted by Crippen LogP contribution is -2.01. The fourth-order valence-corrected chi connectivity index (χ4v) is 3.87. The van der Waals surface area contributed by atoms with Crippen LogP contribution in [0.2, 0.25) is 0 Å². The third-order valence-electron chi connectivity index (χ3n) is 5.60. The fourth-order valence-electron chi connectivity index (χ4n) is 3.87.